The number of carbonyl (C=O) groups is 3. The van der Waals surface area contributed by atoms with E-state index in [1.54, 1.807) is 19.1 Å². The standard InChI is InChI=1S/C24H24ClNO7S/c1-5-11-31-23(28)18-14(3)20(24(29)30-4)34-22(18)26-21(27)17-10-9-15(33-17)12-32-19-13(2)7-6-8-16(19)25/h6-10H,5,11-12H2,1-4H3,(H,26,27). The number of ether oxygens (including phenoxy) is 3. The molecule has 0 unspecified atom stereocenters. The second-order valence-corrected chi connectivity index (χ2v) is 8.71. The first-order valence-electron chi connectivity index (χ1n) is 10.4. The zero-order valence-corrected chi connectivity index (χ0v) is 20.7. The van der Waals surface area contributed by atoms with Gasteiger partial charge in [0.2, 0.25) is 0 Å². The molecule has 3 rings (SSSR count). The quantitative estimate of drug-likeness (QED) is 0.366. The predicted molar refractivity (Wildman–Crippen MR) is 128 cm³/mol. The van der Waals surface area contributed by atoms with Crippen LogP contribution in [0.15, 0.2) is 34.7 Å². The summed E-state index contributed by atoms with van der Waals surface area (Å²) < 4.78 is 21.4. The van der Waals surface area contributed by atoms with Crippen LogP contribution in [0.3, 0.4) is 0 Å². The van der Waals surface area contributed by atoms with Gasteiger partial charge in [0.15, 0.2) is 5.76 Å². The largest absolute Gasteiger partial charge is 0.484 e. The second kappa shape index (κ2) is 11.2. The van der Waals surface area contributed by atoms with Crippen molar-refractivity contribution in [2.45, 2.75) is 33.8 Å². The molecule has 34 heavy (non-hydrogen) atoms. The Bertz CT molecular complexity index is 1190. The van der Waals surface area contributed by atoms with E-state index in [-0.39, 0.29) is 34.4 Å². The van der Waals surface area contributed by atoms with Crippen molar-refractivity contribution in [2.75, 3.05) is 19.0 Å². The molecule has 1 amide bonds. The van der Waals surface area contributed by atoms with Crippen LogP contribution in [-0.2, 0) is 16.1 Å². The van der Waals surface area contributed by atoms with Crippen LogP contribution in [0.1, 0.15) is 60.8 Å². The maximum Gasteiger partial charge on any atom is 0.348 e. The summed E-state index contributed by atoms with van der Waals surface area (Å²) in [6.07, 6.45) is 0.630. The molecule has 0 saturated carbocycles. The maximum atomic E-state index is 12.8. The first kappa shape index (κ1) is 25.3. The summed E-state index contributed by atoms with van der Waals surface area (Å²) in [5, 5.41) is 3.29. The highest BCUT2D eigenvalue weighted by Gasteiger charge is 2.28. The van der Waals surface area contributed by atoms with Gasteiger partial charge in [-0.15, -0.1) is 11.3 Å². The third-order valence-corrected chi connectivity index (χ3v) is 6.28. The Morgan fingerprint density at radius 2 is 1.88 bits per heavy atom. The SMILES string of the molecule is CCCOC(=O)c1c(NC(=O)c2ccc(COc3c(C)cccc3Cl)o2)sc(C(=O)OC)c1C. The van der Waals surface area contributed by atoms with Crippen molar-refractivity contribution >= 4 is 45.8 Å². The lowest BCUT2D eigenvalue weighted by Gasteiger charge is -2.09. The lowest BCUT2D eigenvalue weighted by Crippen LogP contribution is -2.14. The Morgan fingerprint density at radius 1 is 1.12 bits per heavy atom. The zero-order chi connectivity index (χ0) is 24.8. The number of benzene rings is 1. The number of para-hydroxylation sites is 1. The molecular formula is C24H24ClNO7S. The number of esters is 2. The van der Waals surface area contributed by atoms with Crippen LogP contribution in [0.4, 0.5) is 5.00 Å². The van der Waals surface area contributed by atoms with Gasteiger partial charge in [0.1, 0.15) is 28.0 Å². The highest BCUT2D eigenvalue weighted by atomic mass is 35.5. The van der Waals surface area contributed by atoms with Crippen molar-refractivity contribution in [3.8, 4) is 5.75 Å². The molecule has 1 N–H and O–H groups in total. The number of carbonyl (C=O) groups excluding carboxylic acids is 3. The van der Waals surface area contributed by atoms with Gasteiger partial charge in [-0.1, -0.05) is 30.7 Å². The van der Waals surface area contributed by atoms with Gasteiger partial charge in [-0.2, -0.15) is 0 Å². The van der Waals surface area contributed by atoms with E-state index in [2.05, 4.69) is 5.32 Å². The normalized spacial score (nSPS) is 10.6. The van der Waals surface area contributed by atoms with E-state index in [0.29, 0.717) is 28.5 Å². The molecule has 0 aliphatic heterocycles. The van der Waals surface area contributed by atoms with Crippen molar-refractivity contribution < 1.29 is 33.0 Å². The third-order valence-electron chi connectivity index (χ3n) is 4.79. The second-order valence-electron chi connectivity index (χ2n) is 7.28. The van der Waals surface area contributed by atoms with E-state index in [4.69, 9.17) is 30.2 Å². The van der Waals surface area contributed by atoms with Crippen LogP contribution in [0.5, 0.6) is 5.75 Å². The summed E-state index contributed by atoms with van der Waals surface area (Å²) >= 11 is 7.10. The molecule has 10 heteroatoms. The minimum atomic E-state index is -0.635. The van der Waals surface area contributed by atoms with Gasteiger partial charge >= 0.3 is 11.9 Å². The molecule has 2 heterocycles. The van der Waals surface area contributed by atoms with Gasteiger partial charge in [0.05, 0.1) is 24.3 Å². The van der Waals surface area contributed by atoms with E-state index in [0.717, 1.165) is 16.9 Å². The number of aryl methyl sites for hydroxylation is 1. The Labute approximate surface area is 205 Å². The minimum absolute atomic E-state index is 0.00743. The molecular weight excluding hydrogens is 482 g/mol. The summed E-state index contributed by atoms with van der Waals surface area (Å²) in [4.78, 5) is 37.7. The minimum Gasteiger partial charge on any atom is -0.484 e. The molecule has 8 nitrogen and oxygen atoms in total. The first-order chi connectivity index (χ1) is 16.3. The van der Waals surface area contributed by atoms with Crippen LogP contribution in [0.25, 0.3) is 0 Å². The fraction of sp³-hybridized carbons (Fsp3) is 0.292. The van der Waals surface area contributed by atoms with Crippen molar-refractivity contribution in [1.29, 1.82) is 0 Å². The monoisotopic (exact) mass is 505 g/mol. The first-order valence-corrected chi connectivity index (χ1v) is 11.6. The van der Waals surface area contributed by atoms with E-state index >= 15 is 0 Å². The number of anilines is 1. The molecule has 0 aliphatic rings. The highest BCUT2D eigenvalue weighted by molar-refractivity contribution is 7.18. The molecule has 0 atom stereocenters. The van der Waals surface area contributed by atoms with Gasteiger partial charge < -0.3 is 23.9 Å². The lowest BCUT2D eigenvalue weighted by atomic mass is 10.1. The van der Waals surface area contributed by atoms with Crippen molar-refractivity contribution in [2.24, 2.45) is 0 Å². The van der Waals surface area contributed by atoms with Gasteiger partial charge in [-0.05, 0) is 49.6 Å². The van der Waals surface area contributed by atoms with Crippen LogP contribution >= 0.6 is 22.9 Å². The van der Waals surface area contributed by atoms with Crippen molar-refractivity contribution in [1.82, 2.24) is 0 Å². The van der Waals surface area contributed by atoms with Crippen LogP contribution in [-0.4, -0.2) is 31.6 Å². The number of rotatable bonds is 9. The fourth-order valence-corrected chi connectivity index (χ4v) is 4.47. The van der Waals surface area contributed by atoms with Gasteiger partial charge in [-0.3, -0.25) is 4.79 Å². The number of hydrogen-bond acceptors (Lipinski definition) is 8. The maximum absolute atomic E-state index is 12.8. The number of methoxy groups -OCH3 is 1. The Hall–Kier alpha value is -3.30. The van der Waals surface area contributed by atoms with E-state index in [9.17, 15) is 14.4 Å². The number of nitrogens with one attached hydrogen (secondary N) is 1. The van der Waals surface area contributed by atoms with Crippen LogP contribution < -0.4 is 10.1 Å². The molecule has 0 aliphatic carbocycles. The molecule has 0 radical (unpaired) electrons. The average molecular weight is 506 g/mol. The molecule has 1 aromatic carbocycles. The summed E-state index contributed by atoms with van der Waals surface area (Å²) in [6.45, 7) is 5.61. The smallest absolute Gasteiger partial charge is 0.348 e. The van der Waals surface area contributed by atoms with Gasteiger partial charge in [0.25, 0.3) is 5.91 Å². The average Bonchev–Trinajstić information content (AvgIpc) is 3.41. The Balaban J connectivity index is 1.78. The number of amides is 1. The Kier molecular flexibility index (Phi) is 8.36. The van der Waals surface area contributed by atoms with E-state index < -0.39 is 17.8 Å². The number of halogens is 1. The van der Waals surface area contributed by atoms with E-state index in [1.807, 2.05) is 26.0 Å². The molecule has 180 valence electrons. The summed E-state index contributed by atoms with van der Waals surface area (Å²) in [5.74, 6) is -0.893. The fourth-order valence-electron chi connectivity index (χ4n) is 3.09. The summed E-state index contributed by atoms with van der Waals surface area (Å²) in [5.41, 5.74) is 1.35. The zero-order valence-electron chi connectivity index (χ0n) is 19.2. The van der Waals surface area contributed by atoms with Gasteiger partial charge in [0, 0.05) is 0 Å². The van der Waals surface area contributed by atoms with Crippen molar-refractivity contribution in [3.05, 3.63) is 68.4 Å². The summed E-state index contributed by atoms with van der Waals surface area (Å²) in [7, 11) is 1.24. The third kappa shape index (κ3) is 5.60. The van der Waals surface area contributed by atoms with Crippen molar-refractivity contribution in [3.63, 3.8) is 0 Å². The van der Waals surface area contributed by atoms with Crippen LogP contribution in [0.2, 0.25) is 5.02 Å². The topological polar surface area (TPSA) is 104 Å². The van der Waals surface area contributed by atoms with Crippen LogP contribution in [0, 0.1) is 13.8 Å². The predicted octanol–water partition coefficient (Wildman–Crippen LogP) is 5.80. The molecule has 0 fully saturated rings. The van der Waals surface area contributed by atoms with E-state index in [1.165, 1.54) is 13.2 Å². The molecule has 3 aromatic rings. The number of thiophene rings is 1. The molecule has 0 spiro atoms. The Morgan fingerprint density at radius 3 is 2.56 bits per heavy atom. The highest BCUT2D eigenvalue weighted by Crippen LogP contribution is 2.35. The summed E-state index contributed by atoms with van der Waals surface area (Å²) in [6, 6.07) is 8.52. The molecule has 2 aromatic heterocycles. The number of hydrogen-bond donors (Lipinski definition) is 1. The lowest BCUT2D eigenvalue weighted by molar-refractivity contribution is 0.0506. The molecule has 0 saturated heterocycles. The molecule has 0 bridgehead atoms. The van der Waals surface area contributed by atoms with Gasteiger partial charge in [-0.25, -0.2) is 9.59 Å². The number of furan rings is 1.